The number of nitroso groups, excluding NO2 is 1. The molecule has 0 aromatic carbocycles. The molecule has 6 heteroatoms. The Balaban J connectivity index is 2.40. The Morgan fingerprint density at radius 2 is 2.59 bits per heavy atom. The van der Waals surface area contributed by atoms with Crippen LogP contribution in [0.15, 0.2) is 28.8 Å². The van der Waals surface area contributed by atoms with E-state index in [1.807, 2.05) is 0 Å². The normalized spacial score (nSPS) is 12.9. The van der Waals surface area contributed by atoms with Gasteiger partial charge in [-0.1, -0.05) is 6.04 Å². The molecule has 17 heavy (non-hydrogen) atoms. The number of nitrogens with zero attached hydrogens (tertiary/aromatic N) is 2. The summed E-state index contributed by atoms with van der Waals surface area (Å²) in [5.74, 6) is -0.322. The molecular formula is C11H15N3O2S. The van der Waals surface area contributed by atoms with Crippen LogP contribution in [0.5, 0.6) is 0 Å². The fourth-order valence-corrected chi connectivity index (χ4v) is 1.49. The quantitative estimate of drug-likeness (QED) is 0.351. The molecule has 92 valence electrons. The average molecular weight is 256 g/mol. The number of carbonyl (C=O) groups excluding carboxylic acids is 1. The Hall–Kier alpha value is -1.69. The number of hydrogen-bond donors (Lipinski definition) is 1. The Labute approximate surface area is 108 Å². The first-order valence-electron chi connectivity index (χ1n) is 6.52. The van der Waals surface area contributed by atoms with Crippen molar-refractivity contribution in [3.8, 4) is 0 Å². The second-order valence-electron chi connectivity index (χ2n) is 3.26. The zero-order valence-corrected chi connectivity index (χ0v) is 10.2. The molecular weight excluding hydrogens is 238 g/mol. The first kappa shape index (κ1) is 9.35. The summed E-state index contributed by atoms with van der Waals surface area (Å²) in [5.41, 5.74) is 0. The number of nitrogens with one attached hydrogen (secondary N) is 1. The van der Waals surface area contributed by atoms with Crippen LogP contribution in [0.4, 0.5) is 0 Å². The SMILES string of the molecule is [2H]c1sc(/C=C/C(=O)NCCCN(C)N=O)c([2H])c1[2H]. The molecule has 0 atom stereocenters. The summed E-state index contributed by atoms with van der Waals surface area (Å²) in [6, 6.07) is -0.165. The zero-order chi connectivity index (χ0) is 15.1. The van der Waals surface area contributed by atoms with Crippen molar-refractivity contribution in [2.45, 2.75) is 6.42 Å². The van der Waals surface area contributed by atoms with Crippen LogP contribution >= 0.6 is 11.3 Å². The van der Waals surface area contributed by atoms with Gasteiger partial charge in [-0.2, -0.15) is 0 Å². The van der Waals surface area contributed by atoms with Crippen LogP contribution in [-0.4, -0.2) is 31.1 Å². The lowest BCUT2D eigenvalue weighted by Crippen LogP contribution is -2.25. The highest BCUT2D eigenvalue weighted by Crippen LogP contribution is 2.09. The number of carbonyl (C=O) groups is 1. The van der Waals surface area contributed by atoms with Crippen molar-refractivity contribution < 1.29 is 8.91 Å². The third-order valence-electron chi connectivity index (χ3n) is 1.88. The molecule has 0 saturated carbocycles. The van der Waals surface area contributed by atoms with Crippen LogP contribution in [0.25, 0.3) is 6.08 Å². The van der Waals surface area contributed by atoms with Gasteiger partial charge < -0.3 is 5.32 Å². The second kappa shape index (κ2) is 7.56. The Morgan fingerprint density at radius 3 is 3.24 bits per heavy atom. The lowest BCUT2D eigenvalue weighted by atomic mass is 10.3. The number of amides is 1. The van der Waals surface area contributed by atoms with Gasteiger partial charge in [0.05, 0.1) is 9.40 Å². The van der Waals surface area contributed by atoms with Gasteiger partial charge in [0.25, 0.3) is 0 Å². The van der Waals surface area contributed by atoms with E-state index in [4.69, 9.17) is 4.11 Å². The van der Waals surface area contributed by atoms with Gasteiger partial charge in [-0.3, -0.25) is 9.80 Å². The van der Waals surface area contributed by atoms with Crippen LogP contribution in [0.1, 0.15) is 15.4 Å². The molecule has 0 spiro atoms. The third-order valence-corrected chi connectivity index (χ3v) is 2.54. The summed E-state index contributed by atoms with van der Waals surface area (Å²) in [6.45, 7) is 0.869. The molecule has 1 rings (SSSR count). The van der Waals surface area contributed by atoms with Gasteiger partial charge in [-0.25, -0.2) is 0 Å². The van der Waals surface area contributed by atoms with E-state index in [1.54, 1.807) is 7.05 Å². The van der Waals surface area contributed by atoms with Gasteiger partial charge in [-0.15, -0.1) is 16.2 Å². The molecule has 0 aliphatic carbocycles. The van der Waals surface area contributed by atoms with Gasteiger partial charge in [0.1, 0.15) is 0 Å². The van der Waals surface area contributed by atoms with Crippen LogP contribution in [-0.2, 0) is 4.79 Å². The van der Waals surface area contributed by atoms with Crippen molar-refractivity contribution in [3.63, 3.8) is 0 Å². The molecule has 0 fully saturated rings. The first-order chi connectivity index (χ1) is 9.45. The van der Waals surface area contributed by atoms with E-state index in [9.17, 15) is 9.70 Å². The molecule has 0 unspecified atom stereocenters. The maximum Gasteiger partial charge on any atom is 0.244 e. The fourth-order valence-electron chi connectivity index (χ4n) is 1.04. The standard InChI is InChI=1S/C11H15N3O2S/c1-14(13-16)8-3-7-12-11(15)6-5-10-4-2-9-17-10/h2,4-6,9H,3,7-8H2,1H3,(H,12,15)/b6-5+/i2D,4D,9D. The number of hydrogen-bond acceptors (Lipinski definition) is 4. The van der Waals surface area contributed by atoms with Crippen molar-refractivity contribution in [2.24, 2.45) is 5.29 Å². The van der Waals surface area contributed by atoms with E-state index in [0.717, 1.165) is 11.3 Å². The van der Waals surface area contributed by atoms with Crippen molar-refractivity contribution in [3.05, 3.63) is 33.3 Å². The molecule has 0 aliphatic rings. The summed E-state index contributed by atoms with van der Waals surface area (Å²) in [7, 11) is 1.55. The van der Waals surface area contributed by atoms with Gasteiger partial charge in [0, 0.05) is 31.1 Å². The van der Waals surface area contributed by atoms with Crippen molar-refractivity contribution in [1.29, 1.82) is 0 Å². The molecule has 0 saturated heterocycles. The topological polar surface area (TPSA) is 61.8 Å². The van der Waals surface area contributed by atoms with E-state index in [-0.39, 0.29) is 23.3 Å². The largest absolute Gasteiger partial charge is 0.352 e. The van der Waals surface area contributed by atoms with Gasteiger partial charge in [-0.05, 0) is 23.9 Å². The smallest absolute Gasteiger partial charge is 0.244 e. The Morgan fingerprint density at radius 1 is 1.76 bits per heavy atom. The minimum absolute atomic E-state index is 0.0134. The summed E-state index contributed by atoms with van der Waals surface area (Å²) in [5, 5.41) is 6.58. The van der Waals surface area contributed by atoms with E-state index in [0.29, 0.717) is 24.4 Å². The van der Waals surface area contributed by atoms with E-state index in [1.165, 1.54) is 17.2 Å². The molecule has 1 amide bonds. The van der Waals surface area contributed by atoms with Crippen molar-refractivity contribution in [2.75, 3.05) is 20.1 Å². The predicted octanol–water partition coefficient (Wildman–Crippen LogP) is 1.88. The summed E-state index contributed by atoms with van der Waals surface area (Å²) >= 11 is 0.989. The van der Waals surface area contributed by atoms with Crippen LogP contribution in [0.2, 0.25) is 0 Å². The lowest BCUT2D eigenvalue weighted by molar-refractivity contribution is -0.116. The monoisotopic (exact) mass is 256 g/mol. The van der Waals surface area contributed by atoms with Crippen molar-refractivity contribution in [1.82, 2.24) is 10.3 Å². The van der Waals surface area contributed by atoms with E-state index < -0.39 is 0 Å². The van der Waals surface area contributed by atoms with E-state index in [2.05, 4.69) is 10.6 Å². The van der Waals surface area contributed by atoms with Gasteiger partial charge in [0.2, 0.25) is 5.91 Å². The summed E-state index contributed by atoms with van der Waals surface area (Å²) in [4.78, 5) is 22.0. The van der Waals surface area contributed by atoms with Gasteiger partial charge >= 0.3 is 0 Å². The summed E-state index contributed by atoms with van der Waals surface area (Å²) < 4.78 is 22.4. The Kier molecular flexibility index (Phi) is 4.16. The minimum atomic E-state index is -0.322. The average Bonchev–Trinajstić information content (AvgIpc) is 2.68. The third kappa shape index (κ3) is 5.82. The summed E-state index contributed by atoms with van der Waals surface area (Å²) in [6.07, 6.45) is 3.29. The maximum atomic E-state index is 11.5. The molecule has 1 aromatic rings. The molecule has 0 aliphatic heterocycles. The highest BCUT2D eigenvalue weighted by atomic mass is 32.1. The number of thiophene rings is 1. The van der Waals surface area contributed by atoms with Crippen LogP contribution in [0.3, 0.4) is 0 Å². The fraction of sp³-hybridized carbons (Fsp3) is 0.364. The number of rotatable bonds is 7. The zero-order valence-electron chi connectivity index (χ0n) is 12.4. The van der Waals surface area contributed by atoms with Crippen LogP contribution < -0.4 is 5.32 Å². The molecule has 1 N–H and O–H groups in total. The molecule has 0 radical (unpaired) electrons. The molecule has 1 aromatic heterocycles. The molecule has 0 bridgehead atoms. The maximum absolute atomic E-state index is 11.5. The Bertz CT molecular complexity index is 519. The minimum Gasteiger partial charge on any atom is -0.352 e. The lowest BCUT2D eigenvalue weighted by Gasteiger charge is -2.07. The predicted molar refractivity (Wildman–Crippen MR) is 69.4 cm³/mol. The molecule has 5 nitrogen and oxygen atoms in total. The second-order valence-corrected chi connectivity index (χ2v) is 4.11. The van der Waals surface area contributed by atoms with Crippen LogP contribution in [0, 0.1) is 4.91 Å². The molecule has 1 heterocycles. The van der Waals surface area contributed by atoms with Gasteiger partial charge in [0.15, 0.2) is 0 Å². The van der Waals surface area contributed by atoms with Crippen molar-refractivity contribution >= 4 is 23.3 Å². The van der Waals surface area contributed by atoms with E-state index >= 15 is 0 Å². The highest BCUT2D eigenvalue weighted by molar-refractivity contribution is 7.10. The highest BCUT2D eigenvalue weighted by Gasteiger charge is 1.97. The first-order valence-corrected chi connectivity index (χ1v) is 5.84.